The largest absolute Gasteiger partial charge is 0.342 e. The Morgan fingerprint density at radius 1 is 1.43 bits per heavy atom. The van der Waals surface area contributed by atoms with Crippen LogP contribution < -0.4 is 5.32 Å². The number of piperidine rings is 1. The number of anilines is 1. The molecule has 1 N–H and O–H groups in total. The standard InChI is InChI=1S/C16H21IN2O2/c1-2-5-15(20)19-9-4-6-12(11-19)16(21)18-14-8-3-7-13(17)10-14/h3,7-8,10,12H,2,4-6,9,11H2,1H3,(H,18,21). The Kier molecular flexibility index (Phi) is 6.02. The van der Waals surface area contributed by atoms with E-state index in [2.05, 4.69) is 27.9 Å². The molecule has 2 amide bonds. The van der Waals surface area contributed by atoms with Crippen molar-refractivity contribution in [2.24, 2.45) is 5.92 Å². The van der Waals surface area contributed by atoms with Crippen molar-refractivity contribution in [1.29, 1.82) is 0 Å². The first kappa shape index (κ1) is 16.3. The molecule has 1 aliphatic heterocycles. The second kappa shape index (κ2) is 7.77. The summed E-state index contributed by atoms with van der Waals surface area (Å²) in [7, 11) is 0. The van der Waals surface area contributed by atoms with Gasteiger partial charge in [-0.3, -0.25) is 9.59 Å². The monoisotopic (exact) mass is 400 g/mol. The van der Waals surface area contributed by atoms with Crippen LogP contribution in [0.1, 0.15) is 32.6 Å². The van der Waals surface area contributed by atoms with E-state index in [1.165, 1.54) is 0 Å². The van der Waals surface area contributed by atoms with E-state index in [9.17, 15) is 9.59 Å². The highest BCUT2D eigenvalue weighted by molar-refractivity contribution is 14.1. The maximum atomic E-state index is 12.4. The van der Waals surface area contributed by atoms with Gasteiger partial charge in [0.1, 0.15) is 0 Å². The average molecular weight is 400 g/mol. The van der Waals surface area contributed by atoms with Gasteiger partial charge < -0.3 is 10.2 Å². The molecule has 4 nitrogen and oxygen atoms in total. The summed E-state index contributed by atoms with van der Waals surface area (Å²) in [4.78, 5) is 26.2. The molecule has 0 spiro atoms. The third-order valence-electron chi connectivity index (χ3n) is 3.70. The van der Waals surface area contributed by atoms with E-state index in [1.807, 2.05) is 36.1 Å². The Balaban J connectivity index is 1.94. The zero-order chi connectivity index (χ0) is 15.2. The lowest BCUT2D eigenvalue weighted by molar-refractivity contribution is -0.134. The SMILES string of the molecule is CCCC(=O)N1CCCC(C(=O)Nc2cccc(I)c2)C1. The van der Waals surface area contributed by atoms with E-state index in [-0.39, 0.29) is 17.7 Å². The molecule has 0 aliphatic carbocycles. The van der Waals surface area contributed by atoms with Crippen LogP contribution in [0, 0.1) is 9.49 Å². The van der Waals surface area contributed by atoms with Gasteiger partial charge in [-0.15, -0.1) is 0 Å². The van der Waals surface area contributed by atoms with Gasteiger partial charge in [-0.1, -0.05) is 13.0 Å². The Hall–Kier alpha value is -1.11. The second-order valence-electron chi connectivity index (χ2n) is 5.43. The summed E-state index contributed by atoms with van der Waals surface area (Å²) in [5.41, 5.74) is 0.823. The number of nitrogens with one attached hydrogen (secondary N) is 1. The van der Waals surface area contributed by atoms with Crippen molar-refractivity contribution >= 4 is 40.1 Å². The van der Waals surface area contributed by atoms with Crippen LogP contribution in [-0.4, -0.2) is 29.8 Å². The van der Waals surface area contributed by atoms with E-state index >= 15 is 0 Å². The number of benzene rings is 1. The molecule has 1 fully saturated rings. The van der Waals surface area contributed by atoms with Crippen LogP contribution in [0.4, 0.5) is 5.69 Å². The van der Waals surface area contributed by atoms with Crippen molar-refractivity contribution in [2.75, 3.05) is 18.4 Å². The molecule has 2 rings (SSSR count). The van der Waals surface area contributed by atoms with Crippen molar-refractivity contribution < 1.29 is 9.59 Å². The molecular weight excluding hydrogens is 379 g/mol. The fourth-order valence-corrected chi connectivity index (χ4v) is 3.14. The Morgan fingerprint density at radius 3 is 2.95 bits per heavy atom. The first-order valence-electron chi connectivity index (χ1n) is 7.44. The zero-order valence-electron chi connectivity index (χ0n) is 12.3. The van der Waals surface area contributed by atoms with Gasteiger partial charge in [0, 0.05) is 28.8 Å². The maximum absolute atomic E-state index is 12.4. The molecular formula is C16H21IN2O2. The summed E-state index contributed by atoms with van der Waals surface area (Å²) in [5, 5.41) is 2.96. The molecule has 1 heterocycles. The van der Waals surface area contributed by atoms with Crippen LogP contribution in [0.5, 0.6) is 0 Å². The fourth-order valence-electron chi connectivity index (χ4n) is 2.60. The first-order chi connectivity index (χ1) is 10.1. The normalized spacial score (nSPS) is 18.4. The van der Waals surface area contributed by atoms with Gasteiger partial charge in [0.15, 0.2) is 0 Å². The molecule has 1 atom stereocenters. The molecule has 1 saturated heterocycles. The molecule has 0 saturated carbocycles. The zero-order valence-corrected chi connectivity index (χ0v) is 14.4. The van der Waals surface area contributed by atoms with Crippen LogP contribution >= 0.6 is 22.6 Å². The van der Waals surface area contributed by atoms with E-state index in [0.717, 1.165) is 35.1 Å². The average Bonchev–Trinajstić information content (AvgIpc) is 2.47. The Bertz CT molecular complexity index is 519. The van der Waals surface area contributed by atoms with Gasteiger partial charge in [0.25, 0.3) is 0 Å². The summed E-state index contributed by atoms with van der Waals surface area (Å²) >= 11 is 2.22. The topological polar surface area (TPSA) is 49.4 Å². The minimum absolute atomic E-state index is 0.0194. The number of rotatable bonds is 4. The minimum atomic E-state index is -0.0996. The Labute approximate surface area is 139 Å². The lowest BCUT2D eigenvalue weighted by Crippen LogP contribution is -2.43. The summed E-state index contributed by atoms with van der Waals surface area (Å²) in [6.07, 6.45) is 3.19. The lowest BCUT2D eigenvalue weighted by atomic mass is 9.96. The smallest absolute Gasteiger partial charge is 0.229 e. The number of likely N-dealkylation sites (tertiary alicyclic amines) is 1. The van der Waals surface area contributed by atoms with Gasteiger partial charge >= 0.3 is 0 Å². The lowest BCUT2D eigenvalue weighted by Gasteiger charge is -2.32. The summed E-state index contributed by atoms with van der Waals surface area (Å²) in [6.45, 7) is 3.34. The van der Waals surface area contributed by atoms with Crippen molar-refractivity contribution in [3.05, 3.63) is 27.8 Å². The van der Waals surface area contributed by atoms with E-state index in [4.69, 9.17) is 0 Å². The van der Waals surface area contributed by atoms with Crippen LogP contribution in [0.25, 0.3) is 0 Å². The van der Waals surface area contributed by atoms with Crippen molar-refractivity contribution in [3.63, 3.8) is 0 Å². The van der Waals surface area contributed by atoms with Gasteiger partial charge in [-0.05, 0) is 60.1 Å². The molecule has 21 heavy (non-hydrogen) atoms. The van der Waals surface area contributed by atoms with E-state index in [0.29, 0.717) is 13.0 Å². The quantitative estimate of drug-likeness (QED) is 0.789. The molecule has 1 aromatic rings. The highest BCUT2D eigenvalue weighted by atomic mass is 127. The molecule has 0 radical (unpaired) electrons. The minimum Gasteiger partial charge on any atom is -0.342 e. The molecule has 0 bridgehead atoms. The third-order valence-corrected chi connectivity index (χ3v) is 4.37. The van der Waals surface area contributed by atoms with Crippen molar-refractivity contribution in [1.82, 2.24) is 4.90 Å². The van der Waals surface area contributed by atoms with Crippen molar-refractivity contribution in [3.8, 4) is 0 Å². The summed E-state index contributed by atoms with van der Waals surface area (Å²) < 4.78 is 1.09. The second-order valence-corrected chi connectivity index (χ2v) is 6.67. The molecule has 1 unspecified atom stereocenters. The predicted molar refractivity (Wildman–Crippen MR) is 92.0 cm³/mol. The third kappa shape index (κ3) is 4.69. The van der Waals surface area contributed by atoms with Crippen molar-refractivity contribution in [2.45, 2.75) is 32.6 Å². The van der Waals surface area contributed by atoms with E-state index < -0.39 is 0 Å². The molecule has 1 aliphatic rings. The van der Waals surface area contributed by atoms with Gasteiger partial charge in [-0.2, -0.15) is 0 Å². The Morgan fingerprint density at radius 2 is 2.24 bits per heavy atom. The number of hydrogen-bond donors (Lipinski definition) is 1. The maximum Gasteiger partial charge on any atom is 0.229 e. The highest BCUT2D eigenvalue weighted by Gasteiger charge is 2.27. The number of carbonyl (C=O) groups is 2. The summed E-state index contributed by atoms with van der Waals surface area (Å²) in [6, 6.07) is 7.75. The van der Waals surface area contributed by atoms with Gasteiger partial charge in [0.2, 0.25) is 11.8 Å². The number of amides is 2. The molecule has 5 heteroatoms. The number of halogens is 1. The fraction of sp³-hybridized carbons (Fsp3) is 0.500. The van der Waals surface area contributed by atoms with Gasteiger partial charge in [0.05, 0.1) is 5.92 Å². The molecule has 1 aromatic carbocycles. The van der Waals surface area contributed by atoms with Crippen LogP contribution in [0.15, 0.2) is 24.3 Å². The highest BCUT2D eigenvalue weighted by Crippen LogP contribution is 2.20. The van der Waals surface area contributed by atoms with Crippen LogP contribution in [0.3, 0.4) is 0 Å². The van der Waals surface area contributed by atoms with Gasteiger partial charge in [-0.25, -0.2) is 0 Å². The number of hydrogen-bond acceptors (Lipinski definition) is 2. The predicted octanol–water partition coefficient (Wildman–Crippen LogP) is 3.27. The first-order valence-corrected chi connectivity index (χ1v) is 8.52. The molecule has 114 valence electrons. The van der Waals surface area contributed by atoms with Crippen LogP contribution in [-0.2, 0) is 9.59 Å². The van der Waals surface area contributed by atoms with E-state index in [1.54, 1.807) is 0 Å². The van der Waals surface area contributed by atoms with Crippen LogP contribution in [0.2, 0.25) is 0 Å². The summed E-state index contributed by atoms with van der Waals surface area (Å²) in [5.74, 6) is 0.0904. The number of nitrogens with zero attached hydrogens (tertiary/aromatic N) is 1. The molecule has 0 aromatic heterocycles. The number of carbonyl (C=O) groups excluding carboxylic acids is 2.